The average molecular weight is 267 g/mol. The molecule has 1 amide bonds. The van der Waals surface area contributed by atoms with Gasteiger partial charge in [0.05, 0.1) is 19.8 Å². The SMILES string of the molecule is CCOP(=O)(CC(=O)N1CCC(F)C1)OCC. The van der Waals surface area contributed by atoms with Crippen molar-refractivity contribution >= 4 is 13.5 Å². The molecule has 17 heavy (non-hydrogen) atoms. The van der Waals surface area contributed by atoms with E-state index in [2.05, 4.69) is 0 Å². The van der Waals surface area contributed by atoms with Gasteiger partial charge in [-0.1, -0.05) is 0 Å². The highest BCUT2D eigenvalue weighted by Gasteiger charge is 2.33. The van der Waals surface area contributed by atoms with Gasteiger partial charge >= 0.3 is 7.60 Å². The molecule has 0 bridgehead atoms. The number of halogens is 1. The molecule has 1 aliphatic rings. The Balaban J connectivity index is 2.55. The Hall–Kier alpha value is -0.450. The van der Waals surface area contributed by atoms with Gasteiger partial charge in [-0.15, -0.1) is 0 Å². The monoisotopic (exact) mass is 267 g/mol. The van der Waals surface area contributed by atoms with Crippen LogP contribution in [0, 0.1) is 0 Å². The molecule has 0 aromatic rings. The van der Waals surface area contributed by atoms with Crippen LogP contribution in [-0.2, 0) is 18.4 Å². The predicted molar refractivity (Wildman–Crippen MR) is 61.8 cm³/mol. The van der Waals surface area contributed by atoms with Crippen LogP contribution in [0.2, 0.25) is 0 Å². The molecule has 1 heterocycles. The van der Waals surface area contributed by atoms with Crippen molar-refractivity contribution in [3.8, 4) is 0 Å². The minimum Gasteiger partial charge on any atom is -0.339 e. The maximum Gasteiger partial charge on any atom is 0.340 e. The fourth-order valence-corrected chi connectivity index (χ4v) is 3.31. The summed E-state index contributed by atoms with van der Waals surface area (Å²) in [5.74, 6) is -0.365. The Kier molecular flexibility index (Phi) is 5.56. The summed E-state index contributed by atoms with van der Waals surface area (Å²) in [4.78, 5) is 13.2. The summed E-state index contributed by atoms with van der Waals surface area (Å²) in [5, 5.41) is 0. The van der Waals surface area contributed by atoms with E-state index < -0.39 is 13.8 Å². The first-order valence-corrected chi connectivity index (χ1v) is 7.53. The number of hydrogen-bond acceptors (Lipinski definition) is 4. The van der Waals surface area contributed by atoms with Crippen LogP contribution < -0.4 is 0 Å². The molecule has 0 aromatic heterocycles. The van der Waals surface area contributed by atoms with Crippen LogP contribution in [-0.4, -0.2) is 49.4 Å². The molecule has 0 aromatic carbocycles. The minimum atomic E-state index is -3.36. The normalized spacial score (nSPS) is 20.9. The van der Waals surface area contributed by atoms with E-state index in [0.717, 1.165) is 0 Å². The number of hydrogen-bond donors (Lipinski definition) is 0. The molecule has 0 N–H and O–H groups in total. The topological polar surface area (TPSA) is 55.8 Å². The third-order valence-corrected chi connectivity index (χ3v) is 4.42. The highest BCUT2D eigenvalue weighted by Crippen LogP contribution is 2.48. The zero-order valence-corrected chi connectivity index (χ0v) is 11.1. The van der Waals surface area contributed by atoms with Crippen molar-refractivity contribution in [2.75, 3.05) is 32.5 Å². The predicted octanol–water partition coefficient (Wildman–Crippen LogP) is 1.82. The number of nitrogens with zero attached hydrogens (tertiary/aromatic N) is 1. The van der Waals surface area contributed by atoms with Gasteiger partial charge in [-0.25, -0.2) is 4.39 Å². The number of carbonyl (C=O) groups is 1. The molecule has 1 saturated heterocycles. The molecule has 0 saturated carbocycles. The van der Waals surface area contributed by atoms with Crippen molar-refractivity contribution in [1.82, 2.24) is 4.90 Å². The minimum absolute atomic E-state index is 0.0804. The van der Waals surface area contributed by atoms with Gasteiger partial charge in [-0.05, 0) is 20.3 Å². The summed E-state index contributed by atoms with van der Waals surface area (Å²) in [6.45, 7) is 4.26. The smallest absolute Gasteiger partial charge is 0.339 e. The highest BCUT2D eigenvalue weighted by molar-refractivity contribution is 7.54. The van der Waals surface area contributed by atoms with E-state index in [-0.39, 0.29) is 31.8 Å². The van der Waals surface area contributed by atoms with Crippen molar-refractivity contribution in [1.29, 1.82) is 0 Å². The van der Waals surface area contributed by atoms with Gasteiger partial charge < -0.3 is 13.9 Å². The van der Waals surface area contributed by atoms with Crippen molar-refractivity contribution < 1.29 is 22.8 Å². The molecule has 1 aliphatic heterocycles. The number of alkyl halides is 1. The molecule has 1 atom stereocenters. The second kappa shape index (κ2) is 6.47. The lowest BCUT2D eigenvalue weighted by atomic mass is 10.3. The maximum atomic E-state index is 12.9. The lowest BCUT2D eigenvalue weighted by Crippen LogP contribution is -2.31. The van der Waals surface area contributed by atoms with E-state index in [0.29, 0.717) is 13.0 Å². The van der Waals surface area contributed by atoms with Crippen molar-refractivity contribution in [2.24, 2.45) is 0 Å². The summed E-state index contributed by atoms with van der Waals surface area (Å²) >= 11 is 0. The fraction of sp³-hybridized carbons (Fsp3) is 0.900. The molecule has 1 unspecified atom stereocenters. The van der Waals surface area contributed by atoms with Gasteiger partial charge in [-0.2, -0.15) is 0 Å². The second-order valence-corrected chi connectivity index (χ2v) is 5.88. The third-order valence-electron chi connectivity index (χ3n) is 2.46. The van der Waals surface area contributed by atoms with Crippen molar-refractivity contribution in [3.63, 3.8) is 0 Å². The van der Waals surface area contributed by atoms with Gasteiger partial charge in [0, 0.05) is 6.54 Å². The third kappa shape index (κ3) is 4.37. The number of likely N-dealkylation sites (tertiary alicyclic amines) is 1. The van der Waals surface area contributed by atoms with Crippen LogP contribution in [0.3, 0.4) is 0 Å². The Morgan fingerprint density at radius 3 is 2.41 bits per heavy atom. The van der Waals surface area contributed by atoms with E-state index in [1.807, 2.05) is 0 Å². The Morgan fingerprint density at radius 1 is 1.41 bits per heavy atom. The molecule has 1 fully saturated rings. The van der Waals surface area contributed by atoms with Crippen LogP contribution in [0.15, 0.2) is 0 Å². The van der Waals surface area contributed by atoms with Gasteiger partial charge in [-0.3, -0.25) is 9.36 Å². The lowest BCUT2D eigenvalue weighted by molar-refractivity contribution is -0.127. The van der Waals surface area contributed by atoms with Crippen LogP contribution in [0.4, 0.5) is 4.39 Å². The van der Waals surface area contributed by atoms with Gasteiger partial charge in [0.1, 0.15) is 12.3 Å². The van der Waals surface area contributed by atoms with Gasteiger partial charge in [0.15, 0.2) is 0 Å². The van der Waals surface area contributed by atoms with E-state index in [1.165, 1.54) is 4.90 Å². The molecule has 5 nitrogen and oxygen atoms in total. The lowest BCUT2D eigenvalue weighted by Gasteiger charge is -2.20. The second-order valence-electron chi connectivity index (χ2n) is 3.83. The molecule has 0 radical (unpaired) electrons. The van der Waals surface area contributed by atoms with E-state index in [9.17, 15) is 13.8 Å². The Bertz CT molecular complexity index is 303. The molecule has 0 aliphatic carbocycles. The number of rotatable bonds is 6. The van der Waals surface area contributed by atoms with Crippen LogP contribution >= 0.6 is 7.60 Å². The maximum absolute atomic E-state index is 12.9. The first kappa shape index (κ1) is 14.6. The molecular weight excluding hydrogens is 248 g/mol. The highest BCUT2D eigenvalue weighted by atomic mass is 31.2. The fourth-order valence-electron chi connectivity index (χ4n) is 1.73. The zero-order valence-electron chi connectivity index (χ0n) is 10.2. The molecule has 1 rings (SSSR count). The van der Waals surface area contributed by atoms with E-state index >= 15 is 0 Å². The van der Waals surface area contributed by atoms with Crippen LogP contribution in [0.5, 0.6) is 0 Å². The molecule has 100 valence electrons. The molecule has 0 spiro atoms. The van der Waals surface area contributed by atoms with Crippen molar-refractivity contribution in [2.45, 2.75) is 26.4 Å². The zero-order chi connectivity index (χ0) is 12.9. The van der Waals surface area contributed by atoms with Gasteiger partial charge in [0.25, 0.3) is 0 Å². The Labute approximate surface area is 101 Å². The summed E-state index contributed by atoms with van der Waals surface area (Å²) in [5.41, 5.74) is 0. The summed E-state index contributed by atoms with van der Waals surface area (Å²) < 4.78 is 35.1. The first-order valence-electron chi connectivity index (χ1n) is 5.80. The first-order chi connectivity index (χ1) is 8.00. The van der Waals surface area contributed by atoms with E-state index in [4.69, 9.17) is 9.05 Å². The average Bonchev–Trinajstić information content (AvgIpc) is 2.65. The van der Waals surface area contributed by atoms with Gasteiger partial charge in [0.2, 0.25) is 5.91 Å². The Morgan fingerprint density at radius 2 is 2.00 bits per heavy atom. The van der Waals surface area contributed by atoms with Crippen molar-refractivity contribution in [3.05, 3.63) is 0 Å². The number of carbonyl (C=O) groups excluding carboxylic acids is 1. The number of amides is 1. The quantitative estimate of drug-likeness (QED) is 0.689. The standard InChI is InChI=1S/C10H19FNO4P/c1-3-15-17(14,16-4-2)8-10(13)12-6-5-9(11)7-12/h9H,3-8H2,1-2H3. The van der Waals surface area contributed by atoms with Crippen LogP contribution in [0.1, 0.15) is 20.3 Å². The summed E-state index contributed by atoms with van der Waals surface area (Å²) in [7, 11) is -3.36. The molecular formula is C10H19FNO4P. The molecule has 7 heteroatoms. The summed E-state index contributed by atoms with van der Waals surface area (Å²) in [6.07, 6.45) is -0.932. The summed E-state index contributed by atoms with van der Waals surface area (Å²) in [6, 6.07) is 0. The largest absolute Gasteiger partial charge is 0.340 e. The van der Waals surface area contributed by atoms with E-state index in [1.54, 1.807) is 13.8 Å². The van der Waals surface area contributed by atoms with Crippen LogP contribution in [0.25, 0.3) is 0 Å².